The summed E-state index contributed by atoms with van der Waals surface area (Å²) in [5, 5.41) is 0.692. The van der Waals surface area contributed by atoms with Crippen molar-refractivity contribution in [1.82, 2.24) is 0 Å². The predicted octanol–water partition coefficient (Wildman–Crippen LogP) is 3.27. The Hall–Kier alpha value is -0.600. The molecule has 0 atom stereocenters. The molecule has 62 valence electrons. The second-order valence-electron chi connectivity index (χ2n) is 2.19. The zero-order valence-corrected chi connectivity index (χ0v) is 8.47. The molecule has 0 unspecified atom stereocenters. The van der Waals surface area contributed by atoms with E-state index < -0.39 is 0 Å². The molecule has 1 rings (SSSR count). The molecule has 0 aliphatic heterocycles. The summed E-state index contributed by atoms with van der Waals surface area (Å²) in [4.78, 5) is 10.5. The van der Waals surface area contributed by atoms with Crippen LogP contribution in [0.25, 0.3) is 6.08 Å². The van der Waals surface area contributed by atoms with Crippen LogP contribution in [0.2, 0.25) is 5.02 Å². The molecule has 0 aliphatic rings. The zero-order chi connectivity index (χ0) is 8.97. The summed E-state index contributed by atoms with van der Waals surface area (Å²) in [7, 11) is 0. The molecule has 12 heavy (non-hydrogen) atoms. The second kappa shape index (κ2) is 4.43. The van der Waals surface area contributed by atoms with Gasteiger partial charge in [0, 0.05) is 5.02 Å². The lowest BCUT2D eigenvalue weighted by Crippen LogP contribution is -1.75. The van der Waals surface area contributed by atoms with E-state index in [2.05, 4.69) is 15.9 Å². The lowest BCUT2D eigenvalue weighted by molar-refractivity contribution is -0.106. The minimum absolute atomic E-state index is 0.141. The first-order valence-corrected chi connectivity index (χ1v) is 4.49. The highest BCUT2D eigenvalue weighted by Gasteiger charge is 1.88. The van der Waals surface area contributed by atoms with Crippen LogP contribution in [0, 0.1) is 0 Å². The maximum absolute atomic E-state index is 10.5. The van der Waals surface area contributed by atoms with Crippen molar-refractivity contribution in [2.45, 2.75) is 0 Å². The highest BCUT2D eigenvalue weighted by Crippen LogP contribution is 2.10. The Labute approximate surface area is 84.2 Å². The van der Waals surface area contributed by atoms with E-state index in [-0.39, 0.29) is 4.69 Å². The Morgan fingerprint density at radius 2 is 1.92 bits per heavy atom. The molecule has 0 bridgehead atoms. The van der Waals surface area contributed by atoms with Crippen LogP contribution >= 0.6 is 27.5 Å². The highest BCUT2D eigenvalue weighted by molar-refractivity contribution is 9.18. The first-order chi connectivity index (χ1) is 5.68. The monoisotopic (exact) mass is 244 g/mol. The van der Waals surface area contributed by atoms with E-state index in [0.717, 1.165) is 5.56 Å². The summed E-state index contributed by atoms with van der Waals surface area (Å²) in [5.41, 5.74) is 0.951. The summed E-state index contributed by atoms with van der Waals surface area (Å²) in [6, 6.07) is 7.24. The number of hydrogen-bond donors (Lipinski definition) is 0. The number of carbonyl (C=O) groups is 1. The van der Waals surface area contributed by atoms with Crippen molar-refractivity contribution in [2.75, 3.05) is 0 Å². The molecule has 0 saturated carbocycles. The van der Waals surface area contributed by atoms with Gasteiger partial charge in [-0.15, -0.1) is 0 Å². The average Bonchev–Trinajstić information content (AvgIpc) is 2.03. The van der Waals surface area contributed by atoms with Gasteiger partial charge in [-0.2, -0.15) is 0 Å². The fourth-order valence-corrected chi connectivity index (χ4v) is 0.994. The van der Waals surface area contributed by atoms with E-state index >= 15 is 0 Å². The highest BCUT2D eigenvalue weighted by atomic mass is 79.9. The maximum Gasteiger partial charge on any atom is 0.220 e. The van der Waals surface area contributed by atoms with Gasteiger partial charge in [-0.1, -0.05) is 29.8 Å². The summed E-state index contributed by atoms with van der Waals surface area (Å²) < 4.78 is -0.141. The average molecular weight is 246 g/mol. The van der Waals surface area contributed by atoms with Crippen LogP contribution in [-0.2, 0) is 4.79 Å². The molecule has 0 fully saturated rings. The Morgan fingerprint density at radius 1 is 1.33 bits per heavy atom. The predicted molar refractivity (Wildman–Crippen MR) is 54.4 cm³/mol. The van der Waals surface area contributed by atoms with Gasteiger partial charge in [0.05, 0.1) is 0 Å². The number of carbonyl (C=O) groups excluding carboxylic acids is 1. The zero-order valence-electron chi connectivity index (χ0n) is 6.13. The third kappa shape index (κ3) is 3.20. The number of rotatable bonds is 2. The quantitative estimate of drug-likeness (QED) is 0.577. The third-order valence-corrected chi connectivity index (χ3v) is 1.79. The van der Waals surface area contributed by atoms with E-state index in [4.69, 9.17) is 11.6 Å². The summed E-state index contributed by atoms with van der Waals surface area (Å²) >= 11 is 8.47. The van der Waals surface area contributed by atoms with Gasteiger partial charge in [-0.3, -0.25) is 4.79 Å². The first kappa shape index (κ1) is 9.49. The smallest absolute Gasteiger partial charge is 0.220 e. The molecular weight excluding hydrogens is 239 g/mol. The van der Waals surface area contributed by atoms with Crippen molar-refractivity contribution in [1.29, 1.82) is 0 Å². The van der Waals surface area contributed by atoms with Crippen molar-refractivity contribution in [2.24, 2.45) is 0 Å². The minimum atomic E-state index is -0.141. The van der Waals surface area contributed by atoms with Gasteiger partial charge in [-0.05, 0) is 39.7 Å². The van der Waals surface area contributed by atoms with Gasteiger partial charge in [0.2, 0.25) is 4.69 Å². The lowest BCUT2D eigenvalue weighted by atomic mass is 10.2. The van der Waals surface area contributed by atoms with Crippen LogP contribution < -0.4 is 0 Å². The van der Waals surface area contributed by atoms with Gasteiger partial charge < -0.3 is 0 Å². The van der Waals surface area contributed by atoms with Crippen LogP contribution in [0.5, 0.6) is 0 Å². The molecule has 0 heterocycles. The maximum atomic E-state index is 10.5. The fourth-order valence-electron chi connectivity index (χ4n) is 0.736. The third-order valence-electron chi connectivity index (χ3n) is 1.28. The molecule has 1 aromatic carbocycles. The largest absolute Gasteiger partial charge is 0.282 e. The normalized spacial score (nSPS) is 10.5. The minimum Gasteiger partial charge on any atom is -0.282 e. The van der Waals surface area contributed by atoms with E-state index in [1.165, 1.54) is 6.08 Å². The number of benzene rings is 1. The van der Waals surface area contributed by atoms with Crippen molar-refractivity contribution in [3.8, 4) is 0 Å². The van der Waals surface area contributed by atoms with Gasteiger partial charge in [0.1, 0.15) is 0 Å². The molecule has 0 N–H and O–H groups in total. The van der Waals surface area contributed by atoms with Crippen molar-refractivity contribution < 1.29 is 4.79 Å². The van der Waals surface area contributed by atoms with E-state index in [9.17, 15) is 4.79 Å². The molecule has 0 spiro atoms. The summed E-state index contributed by atoms with van der Waals surface area (Å²) in [5.74, 6) is 0. The summed E-state index contributed by atoms with van der Waals surface area (Å²) in [6.45, 7) is 0. The van der Waals surface area contributed by atoms with Crippen molar-refractivity contribution in [3.05, 3.63) is 40.9 Å². The number of allylic oxidation sites excluding steroid dienone is 1. The Balaban J connectivity index is 2.77. The van der Waals surface area contributed by atoms with E-state index in [0.29, 0.717) is 5.02 Å². The van der Waals surface area contributed by atoms with Crippen molar-refractivity contribution in [3.63, 3.8) is 0 Å². The van der Waals surface area contributed by atoms with Crippen molar-refractivity contribution >= 4 is 38.3 Å². The molecule has 3 heteroatoms. The molecule has 1 aromatic rings. The van der Waals surface area contributed by atoms with Crippen LogP contribution in [0.3, 0.4) is 0 Å². The molecular formula is C9H6BrClO. The summed E-state index contributed by atoms with van der Waals surface area (Å²) in [6.07, 6.45) is 3.16. The molecule has 0 aliphatic carbocycles. The van der Waals surface area contributed by atoms with E-state index in [1.807, 2.05) is 12.1 Å². The molecule has 0 amide bonds. The molecule has 0 aromatic heterocycles. The molecule has 0 saturated heterocycles. The number of halogens is 2. The van der Waals surface area contributed by atoms with Crippen LogP contribution in [0.4, 0.5) is 0 Å². The lowest BCUT2D eigenvalue weighted by Gasteiger charge is -1.91. The molecule has 1 nitrogen and oxygen atoms in total. The standard InChI is InChI=1S/C9H6BrClO/c10-9(12)6-3-7-1-4-8(11)5-2-7/h1-6H. The van der Waals surface area contributed by atoms with Gasteiger partial charge >= 0.3 is 0 Å². The molecule has 0 radical (unpaired) electrons. The topological polar surface area (TPSA) is 17.1 Å². The Morgan fingerprint density at radius 3 is 2.42 bits per heavy atom. The Kier molecular flexibility index (Phi) is 3.50. The van der Waals surface area contributed by atoms with Gasteiger partial charge in [0.25, 0.3) is 0 Å². The Bertz CT molecular complexity index is 303. The van der Waals surface area contributed by atoms with Crippen LogP contribution in [-0.4, -0.2) is 4.69 Å². The van der Waals surface area contributed by atoms with E-state index in [1.54, 1.807) is 18.2 Å². The van der Waals surface area contributed by atoms with Gasteiger partial charge in [-0.25, -0.2) is 0 Å². The first-order valence-electron chi connectivity index (χ1n) is 3.31. The fraction of sp³-hybridized carbons (Fsp3) is 0. The SMILES string of the molecule is O=C(Br)C=Cc1ccc(Cl)cc1. The van der Waals surface area contributed by atoms with Crippen LogP contribution in [0.15, 0.2) is 30.3 Å². The van der Waals surface area contributed by atoms with Gasteiger partial charge in [0.15, 0.2) is 0 Å². The van der Waals surface area contributed by atoms with Crippen LogP contribution in [0.1, 0.15) is 5.56 Å². The second-order valence-corrected chi connectivity index (χ2v) is 3.41. The number of hydrogen-bond acceptors (Lipinski definition) is 1.